The SMILES string of the molecule is Cc1ccc(-c2nnc(SCC(=O)N/N=C\c3cc(Br)ccc3O)n2-c2ccc(C)cc2)cc1. The van der Waals surface area contributed by atoms with Gasteiger partial charge in [0.25, 0.3) is 5.91 Å². The molecule has 1 aromatic heterocycles. The lowest BCUT2D eigenvalue weighted by Crippen LogP contribution is -2.20. The van der Waals surface area contributed by atoms with Crippen LogP contribution in [0, 0.1) is 13.8 Å². The van der Waals surface area contributed by atoms with Crippen LogP contribution in [0.4, 0.5) is 0 Å². The van der Waals surface area contributed by atoms with E-state index in [0.29, 0.717) is 16.5 Å². The molecule has 1 heterocycles. The molecule has 0 aliphatic heterocycles. The summed E-state index contributed by atoms with van der Waals surface area (Å²) in [5.41, 5.74) is 7.14. The quantitative estimate of drug-likeness (QED) is 0.191. The number of nitrogens with zero attached hydrogens (tertiary/aromatic N) is 4. The molecule has 0 saturated carbocycles. The number of hydrogen-bond donors (Lipinski definition) is 2. The van der Waals surface area contributed by atoms with Gasteiger partial charge in [-0.25, -0.2) is 5.43 Å². The zero-order chi connectivity index (χ0) is 24.1. The summed E-state index contributed by atoms with van der Waals surface area (Å²) >= 11 is 4.61. The monoisotopic (exact) mass is 535 g/mol. The summed E-state index contributed by atoms with van der Waals surface area (Å²) in [5.74, 6) is 0.575. The van der Waals surface area contributed by atoms with Gasteiger partial charge in [-0.3, -0.25) is 9.36 Å². The van der Waals surface area contributed by atoms with E-state index in [0.717, 1.165) is 26.9 Å². The molecule has 0 fully saturated rings. The lowest BCUT2D eigenvalue weighted by molar-refractivity contribution is -0.118. The van der Waals surface area contributed by atoms with Crippen molar-refractivity contribution in [2.24, 2.45) is 5.10 Å². The van der Waals surface area contributed by atoms with Crippen molar-refractivity contribution < 1.29 is 9.90 Å². The molecule has 0 saturated heterocycles. The van der Waals surface area contributed by atoms with Crippen molar-refractivity contribution in [3.05, 3.63) is 87.9 Å². The number of halogens is 1. The minimum absolute atomic E-state index is 0.0745. The zero-order valence-corrected chi connectivity index (χ0v) is 21.0. The van der Waals surface area contributed by atoms with Gasteiger partial charge in [0.15, 0.2) is 11.0 Å². The van der Waals surface area contributed by atoms with Crippen molar-refractivity contribution in [1.29, 1.82) is 0 Å². The van der Waals surface area contributed by atoms with Gasteiger partial charge in [-0.05, 0) is 44.2 Å². The maximum atomic E-state index is 12.4. The molecule has 9 heteroatoms. The highest BCUT2D eigenvalue weighted by atomic mass is 79.9. The van der Waals surface area contributed by atoms with E-state index in [4.69, 9.17) is 0 Å². The fraction of sp³-hybridized carbons (Fsp3) is 0.120. The van der Waals surface area contributed by atoms with Crippen LogP contribution >= 0.6 is 27.7 Å². The topological polar surface area (TPSA) is 92.4 Å². The van der Waals surface area contributed by atoms with Crippen LogP contribution in [0.1, 0.15) is 16.7 Å². The van der Waals surface area contributed by atoms with Gasteiger partial charge in [-0.15, -0.1) is 10.2 Å². The Bertz CT molecular complexity index is 1330. The van der Waals surface area contributed by atoms with Crippen LogP contribution in [0.2, 0.25) is 0 Å². The first-order valence-electron chi connectivity index (χ1n) is 10.4. The van der Waals surface area contributed by atoms with Gasteiger partial charge in [0.1, 0.15) is 5.75 Å². The normalized spacial score (nSPS) is 11.1. The van der Waals surface area contributed by atoms with Gasteiger partial charge < -0.3 is 5.11 Å². The van der Waals surface area contributed by atoms with Crippen LogP contribution in [-0.4, -0.2) is 37.7 Å². The van der Waals surface area contributed by atoms with Crippen LogP contribution in [-0.2, 0) is 4.79 Å². The number of aromatic hydroxyl groups is 1. The number of nitrogens with one attached hydrogen (secondary N) is 1. The van der Waals surface area contributed by atoms with Crippen molar-refractivity contribution >= 4 is 39.8 Å². The summed E-state index contributed by atoms with van der Waals surface area (Å²) in [6, 6.07) is 21.1. The van der Waals surface area contributed by atoms with Crippen LogP contribution in [0.5, 0.6) is 5.75 Å². The molecule has 4 rings (SSSR count). The Morgan fingerprint density at radius 2 is 1.74 bits per heavy atom. The molecule has 4 aromatic rings. The van der Waals surface area contributed by atoms with Crippen LogP contribution in [0.15, 0.2) is 81.5 Å². The molecular weight excluding hydrogens is 514 g/mol. The highest BCUT2D eigenvalue weighted by molar-refractivity contribution is 9.10. The molecular formula is C25H22BrN5O2S. The highest BCUT2D eigenvalue weighted by Gasteiger charge is 2.17. The first kappa shape index (κ1) is 23.7. The maximum Gasteiger partial charge on any atom is 0.250 e. The average molecular weight is 536 g/mol. The maximum absolute atomic E-state index is 12.4. The number of hydrazone groups is 1. The number of rotatable bonds is 7. The van der Waals surface area contributed by atoms with Crippen molar-refractivity contribution in [2.45, 2.75) is 19.0 Å². The average Bonchev–Trinajstić information content (AvgIpc) is 3.25. The predicted octanol–water partition coefficient (Wildman–Crippen LogP) is 5.26. The molecule has 34 heavy (non-hydrogen) atoms. The number of amides is 1. The van der Waals surface area contributed by atoms with E-state index in [1.807, 2.05) is 66.9 Å². The molecule has 0 bridgehead atoms. The molecule has 7 nitrogen and oxygen atoms in total. The molecule has 0 unspecified atom stereocenters. The third kappa shape index (κ3) is 5.73. The van der Waals surface area contributed by atoms with Gasteiger partial charge in [0.2, 0.25) is 0 Å². The van der Waals surface area contributed by atoms with Crippen molar-refractivity contribution in [3.8, 4) is 22.8 Å². The van der Waals surface area contributed by atoms with E-state index < -0.39 is 0 Å². The van der Waals surface area contributed by atoms with E-state index in [2.05, 4.69) is 36.7 Å². The summed E-state index contributed by atoms with van der Waals surface area (Å²) in [6.45, 7) is 4.07. The number of carbonyl (C=O) groups excluding carboxylic acids is 1. The van der Waals surface area contributed by atoms with Crippen LogP contribution in [0.25, 0.3) is 17.1 Å². The number of hydrogen-bond acceptors (Lipinski definition) is 6. The number of phenolic OH excluding ortho intramolecular Hbond substituents is 1. The van der Waals surface area contributed by atoms with Crippen LogP contribution in [0.3, 0.4) is 0 Å². The number of carbonyl (C=O) groups is 1. The molecule has 0 atom stereocenters. The summed E-state index contributed by atoms with van der Waals surface area (Å²) in [5, 5.41) is 23.2. The third-order valence-electron chi connectivity index (χ3n) is 4.95. The summed E-state index contributed by atoms with van der Waals surface area (Å²) in [7, 11) is 0. The van der Waals surface area contributed by atoms with Crippen LogP contribution < -0.4 is 5.43 Å². The largest absolute Gasteiger partial charge is 0.507 e. The highest BCUT2D eigenvalue weighted by Crippen LogP contribution is 2.28. The molecule has 172 valence electrons. The molecule has 1 amide bonds. The second kappa shape index (κ2) is 10.7. The number of thioether (sulfide) groups is 1. The number of phenols is 1. The minimum atomic E-state index is -0.300. The lowest BCUT2D eigenvalue weighted by Gasteiger charge is -2.11. The number of benzene rings is 3. The predicted molar refractivity (Wildman–Crippen MR) is 139 cm³/mol. The fourth-order valence-corrected chi connectivity index (χ4v) is 4.27. The first-order chi connectivity index (χ1) is 16.4. The smallest absolute Gasteiger partial charge is 0.250 e. The van der Waals surface area contributed by atoms with E-state index in [-0.39, 0.29) is 17.4 Å². The van der Waals surface area contributed by atoms with Crippen molar-refractivity contribution in [2.75, 3.05) is 5.75 Å². The Kier molecular flexibility index (Phi) is 7.44. The summed E-state index contributed by atoms with van der Waals surface area (Å²) in [4.78, 5) is 12.4. The Balaban J connectivity index is 1.51. The molecule has 0 aliphatic carbocycles. The number of aromatic nitrogens is 3. The van der Waals surface area contributed by atoms with Crippen molar-refractivity contribution in [3.63, 3.8) is 0 Å². The number of aryl methyl sites for hydroxylation is 2. The third-order valence-corrected chi connectivity index (χ3v) is 6.37. The van der Waals surface area contributed by atoms with Gasteiger partial charge in [-0.1, -0.05) is 75.2 Å². The van der Waals surface area contributed by atoms with Gasteiger partial charge in [-0.2, -0.15) is 5.10 Å². The molecule has 2 N–H and O–H groups in total. The van der Waals surface area contributed by atoms with Gasteiger partial charge in [0, 0.05) is 21.3 Å². The second-order valence-corrected chi connectivity index (χ2v) is 9.49. The Morgan fingerprint density at radius 3 is 2.44 bits per heavy atom. The summed E-state index contributed by atoms with van der Waals surface area (Å²) < 4.78 is 2.75. The molecule has 0 aliphatic rings. The Hall–Kier alpha value is -3.43. The molecule has 0 radical (unpaired) electrons. The van der Waals surface area contributed by atoms with E-state index in [9.17, 15) is 9.90 Å². The Morgan fingerprint density at radius 1 is 1.06 bits per heavy atom. The second-order valence-electron chi connectivity index (χ2n) is 7.63. The summed E-state index contributed by atoms with van der Waals surface area (Å²) in [6.07, 6.45) is 1.40. The fourth-order valence-electron chi connectivity index (χ4n) is 3.14. The lowest BCUT2D eigenvalue weighted by atomic mass is 10.1. The van der Waals surface area contributed by atoms with Gasteiger partial charge >= 0.3 is 0 Å². The van der Waals surface area contributed by atoms with E-state index in [1.54, 1.807) is 18.2 Å². The van der Waals surface area contributed by atoms with E-state index in [1.165, 1.54) is 18.0 Å². The minimum Gasteiger partial charge on any atom is -0.507 e. The molecule has 3 aromatic carbocycles. The van der Waals surface area contributed by atoms with E-state index >= 15 is 0 Å². The standard InChI is InChI=1S/C25H22BrN5O2S/c1-16-3-7-18(8-4-16)24-29-30-25(31(24)21-10-5-17(2)6-11-21)34-15-23(33)28-27-14-19-13-20(26)9-12-22(19)32/h3-14,32H,15H2,1-2H3,(H,28,33)/b27-14-. The zero-order valence-electron chi connectivity index (χ0n) is 18.6. The molecule has 0 spiro atoms. The Labute approximate surface area is 210 Å². The first-order valence-corrected chi connectivity index (χ1v) is 12.2. The van der Waals surface area contributed by atoms with Gasteiger partial charge in [0.05, 0.1) is 12.0 Å². The van der Waals surface area contributed by atoms with Crippen molar-refractivity contribution in [1.82, 2.24) is 20.2 Å².